The molecule has 0 aliphatic heterocycles. The first-order valence-electron chi connectivity index (χ1n) is 6.46. The molecule has 1 N–H and O–H groups in total. The Morgan fingerprint density at radius 1 is 1.32 bits per heavy atom. The predicted octanol–water partition coefficient (Wildman–Crippen LogP) is 2.32. The number of benzene rings is 1. The van der Waals surface area contributed by atoms with Gasteiger partial charge in [0.05, 0.1) is 5.69 Å². The smallest absolute Gasteiger partial charge is 0.348 e. The lowest BCUT2D eigenvalue weighted by Crippen LogP contribution is -2.28. The Kier molecular flexibility index (Phi) is 3.34. The van der Waals surface area contributed by atoms with Crippen molar-refractivity contribution in [1.29, 1.82) is 0 Å². The number of aromatic nitrogens is 3. The normalized spacial score (nSPS) is 14.9. The Hall–Kier alpha value is -2.45. The van der Waals surface area contributed by atoms with E-state index in [2.05, 4.69) is 15.6 Å². The Labute approximate surface area is 121 Å². The molecule has 9 heteroatoms. The highest BCUT2D eigenvalue weighted by Crippen LogP contribution is 2.33. The Morgan fingerprint density at radius 3 is 2.64 bits per heavy atom. The fourth-order valence-corrected chi connectivity index (χ4v) is 1.96. The summed E-state index contributed by atoms with van der Waals surface area (Å²) in [7, 11) is 0. The molecule has 116 valence electrons. The Morgan fingerprint density at radius 2 is 2.05 bits per heavy atom. The molecule has 1 amide bonds. The zero-order chi connectivity index (χ0) is 15.9. The van der Waals surface area contributed by atoms with Gasteiger partial charge in [-0.15, -0.1) is 5.10 Å². The van der Waals surface area contributed by atoms with Crippen LogP contribution in [0.1, 0.15) is 29.0 Å². The molecule has 1 saturated carbocycles. The third kappa shape index (κ3) is 2.78. The number of halogens is 4. The molecule has 22 heavy (non-hydrogen) atoms. The van der Waals surface area contributed by atoms with Gasteiger partial charge in [0.1, 0.15) is 5.82 Å². The van der Waals surface area contributed by atoms with Gasteiger partial charge in [-0.25, -0.2) is 9.07 Å². The third-order valence-electron chi connectivity index (χ3n) is 3.12. The number of hydrogen-bond acceptors (Lipinski definition) is 3. The van der Waals surface area contributed by atoms with Crippen LogP contribution in [0, 0.1) is 5.82 Å². The first kappa shape index (κ1) is 14.5. The zero-order valence-corrected chi connectivity index (χ0v) is 11.1. The number of hydrogen-bond donors (Lipinski definition) is 1. The molecule has 0 bridgehead atoms. The predicted molar refractivity (Wildman–Crippen MR) is 66.8 cm³/mol. The SMILES string of the molecule is O=C(NC1CC1)c1nnn(-c2cccc(F)c2)c1C(F)(F)F. The van der Waals surface area contributed by atoms with Gasteiger partial charge in [0.15, 0.2) is 11.4 Å². The summed E-state index contributed by atoms with van der Waals surface area (Å²) >= 11 is 0. The van der Waals surface area contributed by atoms with Gasteiger partial charge in [-0.05, 0) is 31.0 Å². The number of amides is 1. The standard InChI is InChI=1S/C13H10F4N4O/c14-7-2-1-3-9(6-7)21-11(13(15,16)17)10(19-20-21)12(22)18-8-4-5-8/h1-3,6,8H,4-5H2,(H,18,22). The van der Waals surface area contributed by atoms with E-state index in [1.807, 2.05) is 0 Å². The highest BCUT2D eigenvalue weighted by molar-refractivity contribution is 5.94. The van der Waals surface area contributed by atoms with E-state index < -0.39 is 29.3 Å². The summed E-state index contributed by atoms with van der Waals surface area (Å²) in [5, 5.41) is 9.12. The van der Waals surface area contributed by atoms with Crippen LogP contribution in [0.5, 0.6) is 0 Å². The maximum atomic E-state index is 13.3. The van der Waals surface area contributed by atoms with Gasteiger partial charge in [0, 0.05) is 6.04 Å². The maximum Gasteiger partial charge on any atom is 0.435 e. The average Bonchev–Trinajstić information content (AvgIpc) is 3.11. The molecular formula is C13H10F4N4O. The molecule has 2 aromatic rings. The second-order valence-electron chi connectivity index (χ2n) is 4.92. The van der Waals surface area contributed by atoms with Gasteiger partial charge in [0.25, 0.3) is 5.91 Å². The molecule has 0 saturated heterocycles. The number of nitrogens with zero attached hydrogens (tertiary/aromatic N) is 3. The van der Waals surface area contributed by atoms with Crippen molar-refractivity contribution in [2.24, 2.45) is 0 Å². The van der Waals surface area contributed by atoms with Crippen molar-refractivity contribution in [3.8, 4) is 5.69 Å². The van der Waals surface area contributed by atoms with Gasteiger partial charge in [0.2, 0.25) is 0 Å². The van der Waals surface area contributed by atoms with Crippen LogP contribution in [0.2, 0.25) is 0 Å². The molecule has 0 unspecified atom stereocenters. The van der Waals surface area contributed by atoms with Crippen LogP contribution in [0.25, 0.3) is 5.69 Å². The lowest BCUT2D eigenvalue weighted by atomic mass is 10.2. The van der Waals surface area contributed by atoms with Gasteiger partial charge in [-0.3, -0.25) is 4.79 Å². The van der Waals surface area contributed by atoms with E-state index in [1.165, 1.54) is 12.1 Å². The lowest BCUT2D eigenvalue weighted by molar-refractivity contribution is -0.143. The molecule has 1 aliphatic rings. The topological polar surface area (TPSA) is 59.8 Å². The quantitative estimate of drug-likeness (QED) is 0.885. The summed E-state index contributed by atoms with van der Waals surface area (Å²) in [4.78, 5) is 11.9. The van der Waals surface area contributed by atoms with Crippen LogP contribution in [0.15, 0.2) is 24.3 Å². The monoisotopic (exact) mass is 314 g/mol. The summed E-state index contributed by atoms with van der Waals surface area (Å²) < 4.78 is 53.4. The molecule has 5 nitrogen and oxygen atoms in total. The van der Waals surface area contributed by atoms with Crippen molar-refractivity contribution in [3.63, 3.8) is 0 Å². The van der Waals surface area contributed by atoms with E-state index in [1.54, 1.807) is 0 Å². The third-order valence-corrected chi connectivity index (χ3v) is 3.12. The molecule has 0 atom stereocenters. The molecular weight excluding hydrogens is 304 g/mol. The van der Waals surface area contributed by atoms with E-state index >= 15 is 0 Å². The lowest BCUT2D eigenvalue weighted by Gasteiger charge is -2.11. The molecule has 3 rings (SSSR count). The van der Waals surface area contributed by atoms with E-state index in [4.69, 9.17) is 0 Å². The van der Waals surface area contributed by atoms with Crippen molar-refractivity contribution >= 4 is 5.91 Å². The average molecular weight is 314 g/mol. The summed E-state index contributed by atoms with van der Waals surface area (Å²) in [6.45, 7) is 0. The van der Waals surface area contributed by atoms with Crippen molar-refractivity contribution in [2.75, 3.05) is 0 Å². The number of carbonyl (C=O) groups excluding carboxylic acids is 1. The van der Waals surface area contributed by atoms with Crippen LogP contribution >= 0.6 is 0 Å². The molecule has 1 heterocycles. The highest BCUT2D eigenvalue weighted by atomic mass is 19.4. The number of carbonyl (C=O) groups is 1. The zero-order valence-electron chi connectivity index (χ0n) is 11.1. The minimum Gasteiger partial charge on any atom is -0.348 e. The van der Waals surface area contributed by atoms with Crippen LogP contribution in [0.3, 0.4) is 0 Å². The first-order valence-corrected chi connectivity index (χ1v) is 6.46. The summed E-state index contributed by atoms with van der Waals surface area (Å²) in [5.41, 5.74) is -2.30. The molecule has 0 radical (unpaired) electrons. The van der Waals surface area contributed by atoms with E-state index in [0.29, 0.717) is 4.68 Å². The highest BCUT2D eigenvalue weighted by Gasteiger charge is 2.42. The summed E-state index contributed by atoms with van der Waals surface area (Å²) in [6.07, 6.45) is -3.40. The number of rotatable bonds is 3. The van der Waals surface area contributed by atoms with Crippen LogP contribution in [0.4, 0.5) is 17.6 Å². The number of alkyl halides is 3. The van der Waals surface area contributed by atoms with Crippen molar-refractivity contribution in [1.82, 2.24) is 20.3 Å². The summed E-state index contributed by atoms with van der Waals surface area (Å²) in [6, 6.07) is 4.35. The minimum absolute atomic E-state index is 0.118. The maximum absolute atomic E-state index is 13.3. The Balaban J connectivity index is 2.07. The number of nitrogens with one attached hydrogen (secondary N) is 1. The van der Waals surface area contributed by atoms with E-state index in [0.717, 1.165) is 25.0 Å². The second kappa shape index (κ2) is 5.08. The Bertz CT molecular complexity index is 721. The van der Waals surface area contributed by atoms with Gasteiger partial charge in [-0.2, -0.15) is 13.2 Å². The minimum atomic E-state index is -4.86. The van der Waals surface area contributed by atoms with E-state index in [-0.39, 0.29) is 11.7 Å². The fourth-order valence-electron chi connectivity index (χ4n) is 1.96. The molecule has 1 fully saturated rings. The molecule has 0 spiro atoms. The largest absolute Gasteiger partial charge is 0.435 e. The van der Waals surface area contributed by atoms with E-state index in [9.17, 15) is 22.4 Å². The van der Waals surface area contributed by atoms with Crippen molar-refractivity contribution < 1.29 is 22.4 Å². The molecule has 1 aromatic carbocycles. The van der Waals surface area contributed by atoms with Gasteiger partial charge in [-0.1, -0.05) is 11.3 Å². The van der Waals surface area contributed by atoms with Gasteiger partial charge < -0.3 is 5.32 Å². The van der Waals surface area contributed by atoms with Crippen LogP contribution < -0.4 is 5.32 Å². The molecule has 1 aliphatic carbocycles. The van der Waals surface area contributed by atoms with Crippen molar-refractivity contribution in [3.05, 3.63) is 41.5 Å². The fraction of sp³-hybridized carbons (Fsp3) is 0.308. The first-order chi connectivity index (χ1) is 10.4. The van der Waals surface area contributed by atoms with Crippen molar-refractivity contribution in [2.45, 2.75) is 25.1 Å². The van der Waals surface area contributed by atoms with Crippen LogP contribution in [-0.4, -0.2) is 26.9 Å². The second-order valence-corrected chi connectivity index (χ2v) is 4.92. The van der Waals surface area contributed by atoms with Crippen LogP contribution in [-0.2, 0) is 6.18 Å². The summed E-state index contributed by atoms with van der Waals surface area (Å²) in [5.74, 6) is -1.65. The molecule has 1 aromatic heterocycles. The van der Waals surface area contributed by atoms with Gasteiger partial charge >= 0.3 is 6.18 Å².